The van der Waals surface area contributed by atoms with Crippen LogP contribution in [0.25, 0.3) is 0 Å². The Labute approximate surface area is 165 Å². The summed E-state index contributed by atoms with van der Waals surface area (Å²) in [5, 5.41) is 17.4. The van der Waals surface area contributed by atoms with Gasteiger partial charge < -0.3 is 15.7 Å². The Hall–Kier alpha value is -2.82. The first-order valence-corrected chi connectivity index (χ1v) is 9.87. The third-order valence-electron chi connectivity index (χ3n) is 5.44. The fourth-order valence-electron chi connectivity index (χ4n) is 4.71. The topological polar surface area (TPSA) is 78.4 Å². The lowest BCUT2D eigenvalue weighted by Crippen LogP contribution is -2.44. The maximum Gasteiger partial charge on any atom is 0.200 e. The molecule has 2 aromatic rings. The van der Waals surface area contributed by atoms with E-state index in [0.29, 0.717) is 28.7 Å². The molecule has 146 valence electrons. The van der Waals surface area contributed by atoms with Crippen LogP contribution in [0.1, 0.15) is 72.4 Å². The zero-order valence-corrected chi connectivity index (χ0v) is 16.7. The van der Waals surface area contributed by atoms with Crippen LogP contribution >= 0.6 is 0 Å². The van der Waals surface area contributed by atoms with E-state index in [9.17, 15) is 14.7 Å². The number of hydrogen-bond donors (Lipinski definition) is 3. The molecular formula is C23H26N2O3. The van der Waals surface area contributed by atoms with Crippen LogP contribution in [0.5, 0.6) is 5.75 Å². The van der Waals surface area contributed by atoms with Crippen LogP contribution in [-0.2, 0) is 0 Å². The first-order chi connectivity index (χ1) is 13.2. The van der Waals surface area contributed by atoms with Gasteiger partial charge in [0, 0.05) is 11.1 Å². The number of phenols is 1. The van der Waals surface area contributed by atoms with Crippen molar-refractivity contribution >= 4 is 22.9 Å². The molecule has 1 aliphatic carbocycles. The van der Waals surface area contributed by atoms with Crippen molar-refractivity contribution in [3.8, 4) is 5.75 Å². The van der Waals surface area contributed by atoms with Crippen molar-refractivity contribution in [2.45, 2.75) is 46.2 Å². The molecule has 3 N–H and O–H groups in total. The highest BCUT2D eigenvalue weighted by atomic mass is 16.3. The molecule has 4 rings (SSSR count). The maximum atomic E-state index is 13.3. The van der Waals surface area contributed by atoms with E-state index in [1.165, 1.54) is 6.07 Å². The molecule has 0 saturated heterocycles. The molecule has 0 fully saturated rings. The lowest BCUT2D eigenvalue weighted by molar-refractivity contribution is 0.0977. The summed E-state index contributed by atoms with van der Waals surface area (Å²) in [5.74, 6) is 0.215. The van der Waals surface area contributed by atoms with Crippen molar-refractivity contribution in [3.05, 3.63) is 52.6 Å². The third-order valence-corrected chi connectivity index (χ3v) is 5.44. The van der Waals surface area contributed by atoms with Gasteiger partial charge in [-0.05, 0) is 42.9 Å². The Morgan fingerprint density at radius 3 is 2.14 bits per heavy atom. The fourth-order valence-corrected chi connectivity index (χ4v) is 4.71. The Balaban J connectivity index is 1.85. The summed E-state index contributed by atoms with van der Waals surface area (Å²) in [5.41, 5.74) is 2.26. The van der Waals surface area contributed by atoms with E-state index in [4.69, 9.17) is 0 Å². The van der Waals surface area contributed by atoms with Crippen LogP contribution in [0, 0.1) is 11.8 Å². The molecule has 0 aromatic heterocycles. The number of nitrogens with one attached hydrogen (secondary N) is 2. The molecule has 2 aromatic carbocycles. The molecule has 0 bridgehead atoms. The van der Waals surface area contributed by atoms with Crippen molar-refractivity contribution in [1.82, 2.24) is 0 Å². The molecule has 0 unspecified atom stereocenters. The molecule has 0 atom stereocenters. The highest BCUT2D eigenvalue weighted by molar-refractivity contribution is 6.31. The van der Waals surface area contributed by atoms with Crippen LogP contribution in [-0.4, -0.2) is 22.3 Å². The average molecular weight is 378 g/mol. The zero-order valence-electron chi connectivity index (χ0n) is 16.7. The Kier molecular flexibility index (Phi) is 4.21. The van der Waals surface area contributed by atoms with Gasteiger partial charge in [-0.3, -0.25) is 9.59 Å². The summed E-state index contributed by atoms with van der Waals surface area (Å²) in [7, 11) is 0. The van der Waals surface area contributed by atoms with Gasteiger partial charge >= 0.3 is 0 Å². The van der Waals surface area contributed by atoms with E-state index in [2.05, 4.69) is 38.3 Å². The summed E-state index contributed by atoms with van der Waals surface area (Å²) in [6, 6.07) is 8.23. The number of carbonyl (C=O) groups is 2. The number of carbonyl (C=O) groups excluding carboxylic acids is 2. The lowest BCUT2D eigenvalue weighted by Gasteiger charge is -2.34. The molecule has 28 heavy (non-hydrogen) atoms. The minimum Gasteiger partial charge on any atom is -0.507 e. The van der Waals surface area contributed by atoms with Gasteiger partial charge in [0.05, 0.1) is 22.5 Å². The Morgan fingerprint density at radius 1 is 0.857 bits per heavy atom. The largest absolute Gasteiger partial charge is 0.507 e. The van der Waals surface area contributed by atoms with Crippen molar-refractivity contribution in [2.75, 3.05) is 10.6 Å². The second kappa shape index (κ2) is 6.36. The van der Waals surface area contributed by atoms with Crippen molar-refractivity contribution in [1.29, 1.82) is 0 Å². The van der Waals surface area contributed by atoms with Gasteiger partial charge in [-0.25, -0.2) is 0 Å². The minimum atomic E-state index is -0.359. The number of rotatable bonds is 4. The number of aromatic hydroxyl groups is 1. The molecule has 5 nitrogen and oxygen atoms in total. The van der Waals surface area contributed by atoms with Crippen LogP contribution in [0.4, 0.5) is 11.4 Å². The monoisotopic (exact) mass is 378 g/mol. The number of ketones is 2. The molecule has 0 amide bonds. The smallest absolute Gasteiger partial charge is 0.200 e. The molecule has 0 saturated carbocycles. The van der Waals surface area contributed by atoms with Crippen molar-refractivity contribution < 1.29 is 14.7 Å². The van der Waals surface area contributed by atoms with E-state index in [-0.39, 0.29) is 34.1 Å². The van der Waals surface area contributed by atoms with Gasteiger partial charge in [0.25, 0.3) is 0 Å². The van der Waals surface area contributed by atoms with Gasteiger partial charge in [-0.15, -0.1) is 0 Å². The number of fused-ring (bicyclic) bond motifs is 4. The van der Waals surface area contributed by atoms with Crippen molar-refractivity contribution in [3.63, 3.8) is 0 Å². The molecular weight excluding hydrogens is 352 g/mol. The molecule has 5 heteroatoms. The van der Waals surface area contributed by atoms with E-state index in [1.54, 1.807) is 18.2 Å². The van der Waals surface area contributed by atoms with Gasteiger partial charge in [0.15, 0.2) is 11.6 Å². The second-order valence-corrected chi connectivity index (χ2v) is 8.80. The molecule has 2 aliphatic rings. The van der Waals surface area contributed by atoms with E-state index in [0.717, 1.165) is 18.5 Å². The summed E-state index contributed by atoms with van der Waals surface area (Å²) in [4.78, 5) is 26.3. The molecule has 1 heterocycles. The first-order valence-electron chi connectivity index (χ1n) is 9.87. The summed E-state index contributed by atoms with van der Waals surface area (Å²) in [6.45, 7) is 8.69. The lowest BCUT2D eigenvalue weighted by atomic mass is 9.82. The summed E-state index contributed by atoms with van der Waals surface area (Å²) >= 11 is 0. The predicted molar refractivity (Wildman–Crippen MR) is 110 cm³/mol. The van der Waals surface area contributed by atoms with E-state index >= 15 is 0 Å². The van der Waals surface area contributed by atoms with Gasteiger partial charge in [0.1, 0.15) is 11.4 Å². The van der Waals surface area contributed by atoms with E-state index < -0.39 is 0 Å². The predicted octanol–water partition coefficient (Wildman–Crippen LogP) is 4.79. The average Bonchev–Trinajstić information content (AvgIpc) is 2.94. The maximum absolute atomic E-state index is 13.3. The van der Waals surface area contributed by atoms with Crippen LogP contribution in [0.3, 0.4) is 0 Å². The van der Waals surface area contributed by atoms with Crippen LogP contribution < -0.4 is 10.6 Å². The van der Waals surface area contributed by atoms with Crippen molar-refractivity contribution in [2.24, 2.45) is 11.8 Å². The first kappa shape index (κ1) is 18.5. The second-order valence-electron chi connectivity index (χ2n) is 8.80. The molecule has 1 aliphatic heterocycles. The number of anilines is 2. The zero-order chi connectivity index (χ0) is 20.2. The number of phenolic OH excluding ortho intramolecular Hbond substituents is 1. The van der Waals surface area contributed by atoms with Crippen LogP contribution in [0.15, 0.2) is 30.3 Å². The highest BCUT2D eigenvalue weighted by Crippen LogP contribution is 2.46. The standard InChI is InChI=1S/C23H26N2O3/c1-12(2)10-23(11-13(3)4)24-16-9-8-15-19(20(16)25-23)22(28)18-14(21(15)27)6-5-7-17(18)26/h5-9,12-13,24-26H,10-11H2,1-4H3. The van der Waals surface area contributed by atoms with Gasteiger partial charge in [-0.1, -0.05) is 39.8 Å². The van der Waals surface area contributed by atoms with Crippen LogP contribution in [0.2, 0.25) is 0 Å². The van der Waals surface area contributed by atoms with E-state index in [1.807, 2.05) is 6.07 Å². The third kappa shape index (κ3) is 2.77. The minimum absolute atomic E-state index is 0.0976. The number of hydrogen-bond acceptors (Lipinski definition) is 5. The SMILES string of the molecule is CC(C)CC1(CC(C)C)Nc2ccc3c(c2N1)C(=O)c1c(O)cccc1C3=O. The quantitative estimate of drug-likeness (QED) is 0.608. The molecule has 0 spiro atoms. The normalized spacial score (nSPS) is 16.5. The highest BCUT2D eigenvalue weighted by Gasteiger charge is 2.42. The summed E-state index contributed by atoms with van der Waals surface area (Å²) < 4.78 is 0. The Morgan fingerprint density at radius 2 is 1.50 bits per heavy atom. The molecule has 0 radical (unpaired) electrons. The fraction of sp³-hybridized carbons (Fsp3) is 0.391. The van der Waals surface area contributed by atoms with Gasteiger partial charge in [-0.2, -0.15) is 0 Å². The summed E-state index contributed by atoms with van der Waals surface area (Å²) in [6.07, 6.45) is 1.78. The van der Waals surface area contributed by atoms with Gasteiger partial charge in [0.2, 0.25) is 0 Å². The Bertz CT molecular complexity index is 982. The number of benzene rings is 2.